The summed E-state index contributed by atoms with van der Waals surface area (Å²) in [6.07, 6.45) is 2.08. The molecule has 1 aliphatic rings. The highest BCUT2D eigenvalue weighted by Crippen LogP contribution is 2.26. The Bertz CT molecular complexity index is 519. The number of fused-ring (bicyclic) bond motifs is 1. The molecule has 2 aromatic rings. The van der Waals surface area contributed by atoms with E-state index in [4.69, 9.17) is 4.98 Å². The highest BCUT2D eigenvalue weighted by atomic mass is 79.9. The lowest BCUT2D eigenvalue weighted by molar-refractivity contribution is 0.838. The zero-order valence-corrected chi connectivity index (χ0v) is 11.9. The van der Waals surface area contributed by atoms with Crippen LogP contribution in [-0.4, -0.2) is 34.0 Å². The van der Waals surface area contributed by atoms with E-state index in [1.807, 2.05) is 17.8 Å². The Morgan fingerprint density at radius 1 is 1.29 bits per heavy atom. The molecule has 0 spiro atoms. The summed E-state index contributed by atoms with van der Waals surface area (Å²) in [6, 6.07) is 6.15. The van der Waals surface area contributed by atoms with Crippen LogP contribution in [0.4, 0.5) is 5.82 Å². The number of aromatic nitrogens is 2. The van der Waals surface area contributed by atoms with Crippen LogP contribution in [0, 0.1) is 0 Å². The maximum absolute atomic E-state index is 4.76. The third-order valence-electron chi connectivity index (χ3n) is 3.04. The molecule has 0 bridgehead atoms. The van der Waals surface area contributed by atoms with Gasteiger partial charge in [0, 0.05) is 36.1 Å². The quantitative estimate of drug-likeness (QED) is 0.796. The van der Waals surface area contributed by atoms with Crippen molar-refractivity contribution in [3.63, 3.8) is 0 Å². The largest absolute Gasteiger partial charge is 0.353 e. The second-order valence-electron chi connectivity index (χ2n) is 4.04. The Morgan fingerprint density at radius 2 is 2.12 bits per heavy atom. The monoisotopic (exact) mass is 311 g/mol. The lowest BCUT2D eigenvalue weighted by Gasteiger charge is -2.27. The molecule has 5 heteroatoms. The molecule has 0 unspecified atom stereocenters. The summed E-state index contributed by atoms with van der Waals surface area (Å²) in [5.74, 6) is 3.55. The van der Waals surface area contributed by atoms with Crippen molar-refractivity contribution in [3.8, 4) is 0 Å². The Kier molecular flexibility index (Phi) is 3.29. The van der Waals surface area contributed by atoms with Gasteiger partial charge in [0.1, 0.15) is 5.65 Å². The molecule has 1 aliphatic heterocycles. The molecule has 0 aliphatic carbocycles. The standard InChI is InChI=1S/C12H14BrN3S/c13-9-10-12(15-5-7-17-8-6-15)14-11-3-1-2-4-16(10)11/h1-4H,5-9H2. The maximum Gasteiger partial charge on any atom is 0.152 e. The summed E-state index contributed by atoms with van der Waals surface area (Å²) >= 11 is 5.61. The van der Waals surface area contributed by atoms with Gasteiger partial charge < -0.3 is 9.30 Å². The third kappa shape index (κ3) is 2.06. The maximum atomic E-state index is 4.76. The van der Waals surface area contributed by atoms with Crippen molar-refractivity contribution in [1.82, 2.24) is 9.38 Å². The first-order chi connectivity index (χ1) is 8.40. The van der Waals surface area contributed by atoms with Gasteiger partial charge in [0.2, 0.25) is 0 Å². The first kappa shape index (κ1) is 11.4. The topological polar surface area (TPSA) is 20.5 Å². The summed E-state index contributed by atoms with van der Waals surface area (Å²) in [6.45, 7) is 2.21. The van der Waals surface area contributed by atoms with Gasteiger partial charge >= 0.3 is 0 Å². The van der Waals surface area contributed by atoms with Crippen LogP contribution in [0.3, 0.4) is 0 Å². The first-order valence-electron chi connectivity index (χ1n) is 5.75. The molecule has 0 amide bonds. The zero-order chi connectivity index (χ0) is 11.7. The molecule has 0 N–H and O–H groups in total. The number of nitrogens with zero attached hydrogens (tertiary/aromatic N) is 3. The second kappa shape index (κ2) is 4.90. The number of hydrogen-bond donors (Lipinski definition) is 0. The average Bonchev–Trinajstić information content (AvgIpc) is 2.78. The highest BCUT2D eigenvalue weighted by molar-refractivity contribution is 9.08. The van der Waals surface area contributed by atoms with Crippen LogP contribution in [0.1, 0.15) is 5.69 Å². The fraction of sp³-hybridized carbons (Fsp3) is 0.417. The van der Waals surface area contributed by atoms with Crippen molar-refractivity contribution in [2.75, 3.05) is 29.5 Å². The minimum Gasteiger partial charge on any atom is -0.353 e. The van der Waals surface area contributed by atoms with E-state index in [-0.39, 0.29) is 0 Å². The molecule has 1 fully saturated rings. The third-order valence-corrected chi connectivity index (χ3v) is 4.52. The molecular weight excluding hydrogens is 298 g/mol. The summed E-state index contributed by atoms with van der Waals surface area (Å²) < 4.78 is 2.17. The molecule has 0 saturated carbocycles. The van der Waals surface area contributed by atoms with Gasteiger partial charge in [-0.05, 0) is 12.1 Å². The van der Waals surface area contributed by atoms with Crippen molar-refractivity contribution in [2.24, 2.45) is 0 Å². The summed E-state index contributed by atoms with van der Waals surface area (Å²) in [5.41, 5.74) is 2.29. The smallest absolute Gasteiger partial charge is 0.152 e. The molecule has 90 valence electrons. The Morgan fingerprint density at radius 3 is 2.88 bits per heavy atom. The Balaban J connectivity index is 2.08. The number of anilines is 1. The summed E-state index contributed by atoms with van der Waals surface area (Å²) in [5, 5.41) is 0.844. The predicted octanol–water partition coefficient (Wildman–Crippen LogP) is 2.78. The van der Waals surface area contributed by atoms with Gasteiger partial charge in [0.05, 0.1) is 5.69 Å². The van der Waals surface area contributed by atoms with Crippen LogP contribution in [0.15, 0.2) is 24.4 Å². The lowest BCUT2D eigenvalue weighted by atomic mass is 10.4. The van der Waals surface area contributed by atoms with Crippen molar-refractivity contribution >= 4 is 39.2 Å². The minimum absolute atomic E-state index is 0.844. The summed E-state index contributed by atoms with van der Waals surface area (Å²) in [4.78, 5) is 7.16. The number of thioether (sulfide) groups is 1. The number of pyridine rings is 1. The number of halogens is 1. The van der Waals surface area contributed by atoms with Crippen LogP contribution >= 0.6 is 27.7 Å². The number of hydrogen-bond acceptors (Lipinski definition) is 3. The van der Waals surface area contributed by atoms with Crippen LogP contribution in [0.25, 0.3) is 5.65 Å². The SMILES string of the molecule is BrCc1c(N2CCSCC2)nc2ccccn12. The Hall–Kier alpha value is -0.680. The van der Waals surface area contributed by atoms with Crippen molar-refractivity contribution in [1.29, 1.82) is 0 Å². The van der Waals surface area contributed by atoms with Gasteiger partial charge in [-0.15, -0.1) is 0 Å². The van der Waals surface area contributed by atoms with Crippen LogP contribution in [0.2, 0.25) is 0 Å². The molecule has 0 atom stereocenters. The van der Waals surface area contributed by atoms with E-state index in [0.717, 1.165) is 29.9 Å². The zero-order valence-electron chi connectivity index (χ0n) is 9.47. The van der Waals surface area contributed by atoms with E-state index in [2.05, 4.69) is 43.6 Å². The van der Waals surface area contributed by atoms with Gasteiger partial charge in [-0.2, -0.15) is 11.8 Å². The van der Waals surface area contributed by atoms with E-state index in [1.165, 1.54) is 17.2 Å². The molecule has 2 aromatic heterocycles. The van der Waals surface area contributed by atoms with Gasteiger partial charge in [0.15, 0.2) is 5.82 Å². The van der Waals surface area contributed by atoms with Gasteiger partial charge in [-0.25, -0.2) is 4.98 Å². The second-order valence-corrected chi connectivity index (χ2v) is 5.83. The fourth-order valence-corrected chi connectivity index (χ4v) is 3.61. The number of alkyl halides is 1. The number of imidazole rings is 1. The number of rotatable bonds is 2. The van der Waals surface area contributed by atoms with E-state index in [1.54, 1.807) is 0 Å². The fourth-order valence-electron chi connectivity index (χ4n) is 2.19. The van der Waals surface area contributed by atoms with E-state index in [0.29, 0.717) is 0 Å². The minimum atomic E-state index is 0.844. The van der Waals surface area contributed by atoms with Gasteiger partial charge in [-0.1, -0.05) is 22.0 Å². The normalized spacial score (nSPS) is 16.6. The summed E-state index contributed by atoms with van der Waals surface area (Å²) in [7, 11) is 0. The molecule has 3 rings (SSSR count). The molecular formula is C12H14BrN3S. The van der Waals surface area contributed by atoms with E-state index >= 15 is 0 Å². The average molecular weight is 312 g/mol. The van der Waals surface area contributed by atoms with E-state index < -0.39 is 0 Å². The molecule has 3 heterocycles. The molecule has 1 saturated heterocycles. The first-order valence-corrected chi connectivity index (χ1v) is 8.02. The van der Waals surface area contributed by atoms with Crippen LogP contribution in [0.5, 0.6) is 0 Å². The van der Waals surface area contributed by atoms with Gasteiger partial charge in [-0.3, -0.25) is 0 Å². The molecule has 0 radical (unpaired) electrons. The van der Waals surface area contributed by atoms with Crippen LogP contribution in [-0.2, 0) is 5.33 Å². The van der Waals surface area contributed by atoms with Crippen molar-refractivity contribution in [3.05, 3.63) is 30.1 Å². The molecule has 17 heavy (non-hydrogen) atoms. The predicted molar refractivity (Wildman–Crippen MR) is 77.4 cm³/mol. The van der Waals surface area contributed by atoms with Crippen LogP contribution < -0.4 is 4.90 Å². The Labute approximate surface area is 113 Å². The van der Waals surface area contributed by atoms with Gasteiger partial charge in [0.25, 0.3) is 0 Å². The lowest BCUT2D eigenvalue weighted by Crippen LogP contribution is -2.33. The molecule has 3 nitrogen and oxygen atoms in total. The van der Waals surface area contributed by atoms with Crippen molar-refractivity contribution < 1.29 is 0 Å². The van der Waals surface area contributed by atoms with Crippen molar-refractivity contribution in [2.45, 2.75) is 5.33 Å². The van der Waals surface area contributed by atoms with E-state index in [9.17, 15) is 0 Å². The molecule has 0 aromatic carbocycles. The highest BCUT2D eigenvalue weighted by Gasteiger charge is 2.19.